The number of carbonyl (C=O) groups excluding carboxylic acids is 1. The van der Waals surface area contributed by atoms with E-state index >= 15 is 0 Å². The molecule has 0 radical (unpaired) electrons. The monoisotopic (exact) mass is 353 g/mol. The largest absolute Gasteiger partial charge is 0.334 e. The number of rotatable bonds is 4. The number of halogens is 1. The van der Waals surface area contributed by atoms with Crippen molar-refractivity contribution in [1.29, 1.82) is 0 Å². The highest BCUT2D eigenvalue weighted by Crippen LogP contribution is 2.36. The maximum atomic E-state index is 12.8. The van der Waals surface area contributed by atoms with Crippen molar-refractivity contribution >= 4 is 40.6 Å². The molecule has 1 fully saturated rings. The normalized spacial score (nSPS) is 19.4. The van der Waals surface area contributed by atoms with Crippen molar-refractivity contribution in [3.05, 3.63) is 39.7 Å². The van der Waals surface area contributed by atoms with Gasteiger partial charge in [-0.2, -0.15) is 0 Å². The van der Waals surface area contributed by atoms with E-state index < -0.39 is 0 Å². The molecule has 22 heavy (non-hydrogen) atoms. The first kappa shape index (κ1) is 15.8. The van der Waals surface area contributed by atoms with Crippen molar-refractivity contribution in [3.8, 4) is 0 Å². The van der Waals surface area contributed by atoms with Crippen LogP contribution in [0.3, 0.4) is 0 Å². The second-order valence-corrected chi connectivity index (χ2v) is 7.89. The van der Waals surface area contributed by atoms with Crippen LogP contribution in [0, 0.1) is 0 Å². The highest BCUT2D eigenvalue weighted by molar-refractivity contribution is 8.00. The van der Waals surface area contributed by atoms with Gasteiger partial charge in [0, 0.05) is 11.4 Å². The van der Waals surface area contributed by atoms with Gasteiger partial charge in [-0.15, -0.1) is 21.5 Å². The average molecular weight is 354 g/mol. The summed E-state index contributed by atoms with van der Waals surface area (Å²) in [4.78, 5) is 16.0. The van der Waals surface area contributed by atoms with Crippen molar-refractivity contribution in [3.63, 3.8) is 0 Å². The van der Waals surface area contributed by atoms with Gasteiger partial charge in [-0.3, -0.25) is 4.79 Å². The second-order valence-electron chi connectivity index (χ2n) is 5.16. The minimum atomic E-state index is -0.184. The predicted octanol–water partition coefficient (Wildman–Crippen LogP) is 4.04. The Kier molecular flexibility index (Phi) is 5.00. The van der Waals surface area contributed by atoms with Gasteiger partial charge >= 0.3 is 0 Å². The van der Waals surface area contributed by atoms with E-state index in [1.807, 2.05) is 17.9 Å². The van der Waals surface area contributed by atoms with Crippen molar-refractivity contribution < 1.29 is 4.79 Å². The molecule has 2 atom stereocenters. The third-order valence-electron chi connectivity index (χ3n) is 3.66. The van der Waals surface area contributed by atoms with Crippen LogP contribution in [0.1, 0.15) is 30.7 Å². The maximum absolute atomic E-state index is 12.8. The lowest BCUT2D eigenvalue weighted by Gasteiger charge is -2.26. The van der Waals surface area contributed by atoms with Crippen LogP contribution in [-0.4, -0.2) is 32.8 Å². The standard InChI is InChI=1S/C15H16ClN3OS2/c1-10(22-14-7-6-13(16)17-18-14)15(20)19-8-2-4-11(19)12-5-3-9-21-12/h3,5-7,9-11H,2,4,8H2,1H3. The minimum absolute atomic E-state index is 0.164. The summed E-state index contributed by atoms with van der Waals surface area (Å²) in [5.74, 6) is 0.164. The molecule has 0 spiro atoms. The average Bonchev–Trinajstić information content (AvgIpc) is 3.19. The first-order valence-corrected chi connectivity index (χ1v) is 9.28. The molecule has 1 saturated heterocycles. The van der Waals surface area contributed by atoms with Crippen LogP contribution in [-0.2, 0) is 4.79 Å². The number of nitrogens with zero attached hydrogens (tertiary/aromatic N) is 3. The molecule has 7 heteroatoms. The maximum Gasteiger partial charge on any atom is 0.236 e. The lowest BCUT2D eigenvalue weighted by atomic mass is 10.2. The summed E-state index contributed by atoms with van der Waals surface area (Å²) in [6.45, 7) is 2.76. The number of likely N-dealkylation sites (tertiary alicyclic amines) is 1. The minimum Gasteiger partial charge on any atom is -0.334 e. The molecular formula is C15H16ClN3OS2. The molecule has 0 saturated carbocycles. The summed E-state index contributed by atoms with van der Waals surface area (Å²) in [6, 6.07) is 7.88. The molecular weight excluding hydrogens is 338 g/mol. The number of amides is 1. The molecule has 1 amide bonds. The molecule has 1 aliphatic rings. The van der Waals surface area contributed by atoms with E-state index in [1.165, 1.54) is 16.6 Å². The van der Waals surface area contributed by atoms with Gasteiger partial charge < -0.3 is 4.90 Å². The van der Waals surface area contributed by atoms with E-state index in [9.17, 15) is 4.79 Å². The molecule has 116 valence electrons. The highest BCUT2D eigenvalue weighted by atomic mass is 35.5. The topological polar surface area (TPSA) is 46.1 Å². The smallest absolute Gasteiger partial charge is 0.236 e. The summed E-state index contributed by atoms with van der Waals surface area (Å²) in [7, 11) is 0. The first-order chi connectivity index (χ1) is 10.6. The lowest BCUT2D eigenvalue weighted by molar-refractivity contribution is -0.131. The van der Waals surface area contributed by atoms with Crippen molar-refractivity contribution in [2.45, 2.75) is 36.1 Å². The molecule has 0 aliphatic carbocycles. The van der Waals surface area contributed by atoms with Crippen LogP contribution in [0.15, 0.2) is 34.7 Å². The fourth-order valence-electron chi connectivity index (χ4n) is 2.64. The predicted molar refractivity (Wildman–Crippen MR) is 90.4 cm³/mol. The van der Waals surface area contributed by atoms with E-state index in [4.69, 9.17) is 11.6 Å². The van der Waals surface area contributed by atoms with E-state index in [1.54, 1.807) is 23.5 Å². The SMILES string of the molecule is CC(Sc1ccc(Cl)nn1)C(=O)N1CCCC1c1cccs1. The Hall–Kier alpha value is -1.11. The van der Waals surface area contributed by atoms with Gasteiger partial charge in [-0.25, -0.2) is 0 Å². The third-order valence-corrected chi connectivity index (χ3v) is 5.85. The van der Waals surface area contributed by atoms with Crippen LogP contribution in [0.2, 0.25) is 5.15 Å². The fourth-order valence-corrected chi connectivity index (χ4v) is 4.45. The number of hydrogen-bond donors (Lipinski definition) is 0. The molecule has 2 unspecified atom stereocenters. The van der Waals surface area contributed by atoms with E-state index in [2.05, 4.69) is 21.6 Å². The first-order valence-electron chi connectivity index (χ1n) is 7.15. The van der Waals surface area contributed by atoms with Gasteiger partial charge in [0.05, 0.1) is 11.3 Å². The van der Waals surface area contributed by atoms with Crippen LogP contribution in [0.5, 0.6) is 0 Å². The van der Waals surface area contributed by atoms with E-state index in [-0.39, 0.29) is 17.2 Å². The number of thioether (sulfide) groups is 1. The van der Waals surface area contributed by atoms with Gasteiger partial charge in [0.2, 0.25) is 5.91 Å². The number of thiophene rings is 1. The Balaban J connectivity index is 1.68. The molecule has 2 aromatic rings. The molecule has 0 aromatic carbocycles. The zero-order valence-electron chi connectivity index (χ0n) is 12.1. The zero-order chi connectivity index (χ0) is 15.5. The Morgan fingerprint density at radius 1 is 1.45 bits per heavy atom. The number of aromatic nitrogens is 2. The molecule has 0 N–H and O–H groups in total. The Labute approximate surface area is 142 Å². The van der Waals surface area contributed by atoms with Crippen LogP contribution >= 0.6 is 34.7 Å². The van der Waals surface area contributed by atoms with Crippen LogP contribution in [0.4, 0.5) is 0 Å². The van der Waals surface area contributed by atoms with Crippen molar-refractivity contribution in [2.24, 2.45) is 0 Å². The van der Waals surface area contributed by atoms with Gasteiger partial charge in [-0.05, 0) is 43.3 Å². The van der Waals surface area contributed by atoms with E-state index in [0.29, 0.717) is 5.15 Å². The fraction of sp³-hybridized carbons (Fsp3) is 0.400. The van der Waals surface area contributed by atoms with Gasteiger partial charge in [0.1, 0.15) is 5.03 Å². The summed E-state index contributed by atoms with van der Waals surface area (Å²) < 4.78 is 0. The molecule has 4 nitrogen and oxygen atoms in total. The third kappa shape index (κ3) is 3.45. The van der Waals surface area contributed by atoms with Crippen molar-refractivity contribution in [2.75, 3.05) is 6.54 Å². The Morgan fingerprint density at radius 3 is 3.00 bits per heavy atom. The lowest BCUT2D eigenvalue weighted by Crippen LogP contribution is -2.35. The van der Waals surface area contributed by atoms with Gasteiger partial charge in [0.15, 0.2) is 5.15 Å². The number of carbonyl (C=O) groups is 1. The Bertz CT molecular complexity index is 633. The van der Waals surface area contributed by atoms with Gasteiger partial charge in [-0.1, -0.05) is 29.4 Å². The summed E-state index contributed by atoms with van der Waals surface area (Å²) in [6.07, 6.45) is 2.11. The van der Waals surface area contributed by atoms with Crippen LogP contribution in [0.25, 0.3) is 0 Å². The zero-order valence-corrected chi connectivity index (χ0v) is 14.5. The summed E-state index contributed by atoms with van der Waals surface area (Å²) in [5.41, 5.74) is 0. The summed E-state index contributed by atoms with van der Waals surface area (Å²) >= 11 is 8.88. The van der Waals surface area contributed by atoms with Crippen molar-refractivity contribution in [1.82, 2.24) is 15.1 Å². The van der Waals surface area contributed by atoms with Gasteiger partial charge in [0.25, 0.3) is 0 Å². The van der Waals surface area contributed by atoms with E-state index in [0.717, 1.165) is 24.4 Å². The Morgan fingerprint density at radius 2 is 2.32 bits per heavy atom. The highest BCUT2D eigenvalue weighted by Gasteiger charge is 2.33. The second kappa shape index (κ2) is 6.98. The molecule has 1 aliphatic heterocycles. The molecule has 2 aromatic heterocycles. The molecule has 0 bridgehead atoms. The van der Waals surface area contributed by atoms with Crippen LogP contribution < -0.4 is 0 Å². The summed E-state index contributed by atoms with van der Waals surface area (Å²) in [5, 5.41) is 10.8. The molecule has 3 rings (SSSR count). The quantitative estimate of drug-likeness (QED) is 0.778. The number of hydrogen-bond acceptors (Lipinski definition) is 5. The molecule has 3 heterocycles.